The minimum atomic E-state index is -0.426. The highest BCUT2D eigenvalue weighted by molar-refractivity contribution is 5.85. The Morgan fingerprint density at radius 1 is 1.38 bits per heavy atom. The summed E-state index contributed by atoms with van der Waals surface area (Å²) >= 11 is 0. The van der Waals surface area contributed by atoms with Crippen LogP contribution < -0.4 is 15.4 Å². The second-order valence-electron chi connectivity index (χ2n) is 5.69. The molecule has 0 spiro atoms. The fourth-order valence-electron chi connectivity index (χ4n) is 2.53. The molecule has 1 atom stereocenters. The van der Waals surface area contributed by atoms with Gasteiger partial charge in [-0.25, -0.2) is 4.79 Å². The highest BCUT2D eigenvalue weighted by atomic mass is 35.5. The molecule has 1 aromatic rings. The Bertz CT molecular complexity index is 533. The van der Waals surface area contributed by atoms with E-state index >= 15 is 0 Å². The molecule has 24 heavy (non-hydrogen) atoms. The first-order chi connectivity index (χ1) is 11.2. The van der Waals surface area contributed by atoms with E-state index in [9.17, 15) is 9.59 Å². The maximum atomic E-state index is 11.9. The monoisotopic (exact) mass is 356 g/mol. The van der Waals surface area contributed by atoms with Crippen LogP contribution in [0.25, 0.3) is 0 Å². The van der Waals surface area contributed by atoms with Crippen molar-refractivity contribution < 1.29 is 19.1 Å². The fourth-order valence-corrected chi connectivity index (χ4v) is 2.53. The summed E-state index contributed by atoms with van der Waals surface area (Å²) in [5.74, 6) is 0.845. The van der Waals surface area contributed by atoms with Crippen molar-refractivity contribution in [2.45, 2.75) is 25.8 Å². The number of esters is 1. The molecule has 2 N–H and O–H groups in total. The zero-order valence-electron chi connectivity index (χ0n) is 13.9. The SMILES string of the molecule is COC(=O)COc1cccc(CNC(=O)CCC2CCNC2)c1.Cl. The van der Waals surface area contributed by atoms with Crippen LogP contribution in [0.5, 0.6) is 5.75 Å². The van der Waals surface area contributed by atoms with Crippen LogP contribution in [0.3, 0.4) is 0 Å². The summed E-state index contributed by atoms with van der Waals surface area (Å²) < 4.78 is 9.85. The third kappa shape index (κ3) is 7.19. The Hall–Kier alpha value is -1.79. The summed E-state index contributed by atoms with van der Waals surface area (Å²) in [5, 5.41) is 6.23. The van der Waals surface area contributed by atoms with Gasteiger partial charge in [-0.05, 0) is 49.5 Å². The van der Waals surface area contributed by atoms with Crippen LogP contribution in [-0.4, -0.2) is 38.7 Å². The normalized spacial score (nSPS) is 16.1. The number of carbonyl (C=O) groups excluding carboxylic acids is 2. The second-order valence-corrected chi connectivity index (χ2v) is 5.69. The van der Waals surface area contributed by atoms with Crippen LogP contribution in [0.4, 0.5) is 0 Å². The molecular formula is C17H25ClN2O4. The number of hydrogen-bond acceptors (Lipinski definition) is 5. The van der Waals surface area contributed by atoms with Crippen molar-refractivity contribution in [3.8, 4) is 5.75 Å². The van der Waals surface area contributed by atoms with E-state index in [0.29, 0.717) is 24.6 Å². The van der Waals surface area contributed by atoms with E-state index in [1.165, 1.54) is 7.11 Å². The molecule has 134 valence electrons. The number of nitrogens with one attached hydrogen (secondary N) is 2. The second kappa shape index (κ2) is 10.9. The smallest absolute Gasteiger partial charge is 0.343 e. The predicted molar refractivity (Wildman–Crippen MR) is 93.3 cm³/mol. The summed E-state index contributed by atoms with van der Waals surface area (Å²) in [5.41, 5.74) is 0.934. The van der Waals surface area contributed by atoms with Crippen LogP contribution in [0.15, 0.2) is 24.3 Å². The zero-order valence-corrected chi connectivity index (χ0v) is 14.7. The minimum absolute atomic E-state index is 0. The Kier molecular flexibility index (Phi) is 9.19. The van der Waals surface area contributed by atoms with Gasteiger partial charge < -0.3 is 20.1 Å². The van der Waals surface area contributed by atoms with Gasteiger partial charge in [-0.1, -0.05) is 12.1 Å². The van der Waals surface area contributed by atoms with Crippen LogP contribution in [0.1, 0.15) is 24.8 Å². The lowest BCUT2D eigenvalue weighted by Crippen LogP contribution is -2.23. The van der Waals surface area contributed by atoms with E-state index in [4.69, 9.17) is 4.74 Å². The van der Waals surface area contributed by atoms with E-state index < -0.39 is 5.97 Å². The van der Waals surface area contributed by atoms with Crippen LogP contribution in [0.2, 0.25) is 0 Å². The van der Waals surface area contributed by atoms with Crippen molar-refractivity contribution in [1.82, 2.24) is 10.6 Å². The van der Waals surface area contributed by atoms with Crippen LogP contribution in [-0.2, 0) is 20.9 Å². The van der Waals surface area contributed by atoms with Crippen molar-refractivity contribution in [3.63, 3.8) is 0 Å². The average Bonchev–Trinajstić information content (AvgIpc) is 3.10. The summed E-state index contributed by atoms with van der Waals surface area (Å²) in [6.07, 6.45) is 2.65. The average molecular weight is 357 g/mol. The Labute approximate surface area is 148 Å². The molecule has 0 bridgehead atoms. The lowest BCUT2D eigenvalue weighted by Gasteiger charge is -2.10. The molecule has 0 aromatic heterocycles. The number of rotatable bonds is 8. The van der Waals surface area contributed by atoms with Crippen molar-refractivity contribution in [1.29, 1.82) is 0 Å². The zero-order chi connectivity index (χ0) is 16.5. The minimum Gasteiger partial charge on any atom is -0.482 e. The molecular weight excluding hydrogens is 332 g/mol. The number of hydrogen-bond donors (Lipinski definition) is 2. The standard InChI is InChI=1S/C17H24N2O4.ClH/c1-22-17(21)12-23-15-4-2-3-14(9-15)11-19-16(20)6-5-13-7-8-18-10-13;/h2-4,9,13,18H,5-8,10-12H2,1H3,(H,19,20);1H. The Morgan fingerprint density at radius 3 is 2.92 bits per heavy atom. The molecule has 0 saturated carbocycles. The molecule has 1 saturated heterocycles. The topological polar surface area (TPSA) is 76.7 Å². The highest BCUT2D eigenvalue weighted by Crippen LogP contribution is 2.15. The van der Waals surface area contributed by atoms with Crippen molar-refractivity contribution in [3.05, 3.63) is 29.8 Å². The first-order valence-electron chi connectivity index (χ1n) is 7.93. The van der Waals surface area contributed by atoms with Gasteiger partial charge in [0.25, 0.3) is 0 Å². The van der Waals surface area contributed by atoms with Crippen LogP contribution >= 0.6 is 12.4 Å². The van der Waals surface area contributed by atoms with Gasteiger partial charge in [0, 0.05) is 13.0 Å². The molecule has 1 amide bonds. The molecule has 1 fully saturated rings. The molecule has 1 aromatic carbocycles. The predicted octanol–water partition coefficient (Wildman–Crippen LogP) is 1.67. The molecule has 0 aliphatic carbocycles. The van der Waals surface area contributed by atoms with Gasteiger partial charge in [0.05, 0.1) is 7.11 Å². The maximum absolute atomic E-state index is 11.9. The van der Waals surface area contributed by atoms with Gasteiger partial charge in [-0.3, -0.25) is 4.79 Å². The van der Waals surface area contributed by atoms with Crippen molar-refractivity contribution in [2.75, 3.05) is 26.8 Å². The van der Waals surface area contributed by atoms with E-state index in [0.717, 1.165) is 31.5 Å². The lowest BCUT2D eigenvalue weighted by molar-refractivity contribution is -0.142. The van der Waals surface area contributed by atoms with Crippen molar-refractivity contribution >= 4 is 24.3 Å². The highest BCUT2D eigenvalue weighted by Gasteiger charge is 2.15. The molecule has 1 unspecified atom stereocenters. The molecule has 7 heteroatoms. The van der Waals surface area contributed by atoms with E-state index in [1.807, 2.05) is 18.2 Å². The quantitative estimate of drug-likeness (QED) is 0.693. The maximum Gasteiger partial charge on any atom is 0.343 e. The van der Waals surface area contributed by atoms with Gasteiger partial charge in [0.2, 0.25) is 5.91 Å². The van der Waals surface area contributed by atoms with Gasteiger partial charge >= 0.3 is 5.97 Å². The van der Waals surface area contributed by atoms with Gasteiger partial charge in [-0.2, -0.15) is 0 Å². The molecule has 1 aliphatic rings. The van der Waals surface area contributed by atoms with E-state index in [1.54, 1.807) is 6.07 Å². The van der Waals surface area contributed by atoms with Crippen LogP contribution in [0, 0.1) is 5.92 Å². The van der Waals surface area contributed by atoms with E-state index in [-0.39, 0.29) is 24.9 Å². The van der Waals surface area contributed by atoms with Gasteiger partial charge in [-0.15, -0.1) is 12.4 Å². The van der Waals surface area contributed by atoms with Gasteiger partial charge in [0.15, 0.2) is 6.61 Å². The fraction of sp³-hybridized carbons (Fsp3) is 0.529. The molecule has 2 rings (SSSR count). The number of halogens is 1. The van der Waals surface area contributed by atoms with E-state index in [2.05, 4.69) is 15.4 Å². The summed E-state index contributed by atoms with van der Waals surface area (Å²) in [7, 11) is 1.32. The first-order valence-corrected chi connectivity index (χ1v) is 7.93. The molecule has 1 heterocycles. The third-order valence-electron chi connectivity index (χ3n) is 3.91. The lowest BCUT2D eigenvalue weighted by atomic mass is 10.0. The summed E-state index contributed by atoms with van der Waals surface area (Å²) in [6, 6.07) is 7.32. The molecule has 6 nitrogen and oxygen atoms in total. The molecule has 1 aliphatic heterocycles. The Morgan fingerprint density at radius 2 is 2.21 bits per heavy atom. The third-order valence-corrected chi connectivity index (χ3v) is 3.91. The number of benzene rings is 1. The summed E-state index contributed by atoms with van der Waals surface area (Å²) in [4.78, 5) is 22.9. The number of amides is 1. The Balaban J connectivity index is 0.00000288. The first kappa shape index (κ1) is 20.3. The number of methoxy groups -OCH3 is 1. The largest absolute Gasteiger partial charge is 0.482 e. The van der Waals surface area contributed by atoms with Gasteiger partial charge in [0.1, 0.15) is 5.75 Å². The van der Waals surface area contributed by atoms with Crippen molar-refractivity contribution in [2.24, 2.45) is 5.92 Å². The number of carbonyl (C=O) groups is 2. The summed E-state index contributed by atoms with van der Waals surface area (Å²) in [6.45, 7) is 2.41. The molecule has 0 radical (unpaired) electrons. The number of ether oxygens (including phenoxy) is 2.